The van der Waals surface area contributed by atoms with Crippen LogP contribution in [0.2, 0.25) is 0 Å². The van der Waals surface area contributed by atoms with Crippen molar-refractivity contribution in [2.24, 2.45) is 0 Å². The normalized spacial score (nSPS) is 10.2. The van der Waals surface area contributed by atoms with Crippen LogP contribution in [0.5, 0.6) is 0 Å². The Balaban J connectivity index is 2.24. The first-order valence-corrected chi connectivity index (χ1v) is 6.02. The second-order valence-electron chi connectivity index (χ2n) is 3.57. The van der Waals surface area contributed by atoms with Crippen LogP contribution in [0.15, 0.2) is 23.7 Å². The number of nitrogens with zero attached hydrogens (tertiary/aromatic N) is 2. The Kier molecular flexibility index (Phi) is 3.49. The summed E-state index contributed by atoms with van der Waals surface area (Å²) in [5.41, 5.74) is 2.67. The van der Waals surface area contributed by atoms with Crippen molar-refractivity contribution in [3.05, 3.63) is 35.0 Å². The highest BCUT2D eigenvalue weighted by atomic mass is 32.1. The van der Waals surface area contributed by atoms with Crippen LogP contribution in [0, 0.1) is 6.92 Å². The largest absolute Gasteiger partial charge is 0.469 e. The van der Waals surface area contributed by atoms with Crippen LogP contribution in [-0.4, -0.2) is 23.0 Å². The molecule has 0 bridgehead atoms. The van der Waals surface area contributed by atoms with Crippen LogP contribution in [-0.2, 0) is 16.0 Å². The van der Waals surface area contributed by atoms with Gasteiger partial charge in [0.05, 0.1) is 19.2 Å². The number of thiazole rings is 1. The van der Waals surface area contributed by atoms with E-state index in [4.69, 9.17) is 0 Å². The van der Waals surface area contributed by atoms with Crippen molar-refractivity contribution in [1.82, 2.24) is 9.97 Å². The van der Waals surface area contributed by atoms with Crippen LogP contribution in [0.3, 0.4) is 0 Å². The van der Waals surface area contributed by atoms with E-state index in [1.807, 2.05) is 24.4 Å². The predicted octanol–water partition coefficient (Wildman–Crippen LogP) is 2.23. The lowest BCUT2D eigenvalue weighted by Crippen LogP contribution is -2.04. The molecule has 0 atom stereocenters. The maximum absolute atomic E-state index is 11.1. The highest BCUT2D eigenvalue weighted by Crippen LogP contribution is 2.24. The Hall–Kier alpha value is -1.75. The topological polar surface area (TPSA) is 52.1 Å². The van der Waals surface area contributed by atoms with E-state index in [0.29, 0.717) is 0 Å². The van der Waals surface area contributed by atoms with Gasteiger partial charge in [0.1, 0.15) is 10.7 Å². The zero-order valence-electron chi connectivity index (χ0n) is 9.64. The van der Waals surface area contributed by atoms with Crippen LogP contribution in [0.1, 0.15) is 11.3 Å². The zero-order chi connectivity index (χ0) is 12.3. The van der Waals surface area contributed by atoms with Gasteiger partial charge in [-0.3, -0.25) is 9.78 Å². The van der Waals surface area contributed by atoms with Crippen molar-refractivity contribution >= 4 is 17.3 Å². The number of hydrogen-bond acceptors (Lipinski definition) is 5. The van der Waals surface area contributed by atoms with Crippen LogP contribution < -0.4 is 0 Å². The summed E-state index contributed by atoms with van der Waals surface area (Å²) in [6.45, 7) is 1.99. The monoisotopic (exact) mass is 248 g/mol. The molecule has 0 aliphatic rings. The average Bonchev–Trinajstić information content (AvgIpc) is 2.78. The van der Waals surface area contributed by atoms with Crippen molar-refractivity contribution < 1.29 is 9.53 Å². The molecular weight excluding hydrogens is 236 g/mol. The third-order valence-electron chi connectivity index (χ3n) is 2.32. The van der Waals surface area contributed by atoms with Gasteiger partial charge in [-0.15, -0.1) is 11.3 Å². The van der Waals surface area contributed by atoms with Gasteiger partial charge in [0, 0.05) is 11.6 Å². The van der Waals surface area contributed by atoms with Gasteiger partial charge >= 0.3 is 5.97 Å². The lowest BCUT2D eigenvalue weighted by molar-refractivity contribution is -0.139. The fourth-order valence-electron chi connectivity index (χ4n) is 1.43. The van der Waals surface area contributed by atoms with Gasteiger partial charge in [0.2, 0.25) is 0 Å². The smallest absolute Gasteiger partial charge is 0.311 e. The fraction of sp³-hybridized carbons (Fsp3) is 0.250. The Bertz CT molecular complexity index is 537. The van der Waals surface area contributed by atoms with Gasteiger partial charge < -0.3 is 4.74 Å². The van der Waals surface area contributed by atoms with Crippen LogP contribution in [0.25, 0.3) is 10.7 Å². The summed E-state index contributed by atoms with van der Waals surface area (Å²) in [5.74, 6) is -0.278. The van der Waals surface area contributed by atoms with E-state index in [2.05, 4.69) is 14.7 Å². The first kappa shape index (κ1) is 11.7. The molecule has 0 aliphatic carbocycles. The van der Waals surface area contributed by atoms with Gasteiger partial charge in [-0.2, -0.15) is 0 Å². The molecule has 0 fully saturated rings. The molecule has 5 heteroatoms. The molecular formula is C12H12N2O2S. The minimum absolute atomic E-state index is 0.207. The number of carbonyl (C=O) groups is 1. The molecule has 2 rings (SSSR count). The quantitative estimate of drug-likeness (QED) is 0.782. The molecule has 2 heterocycles. The van der Waals surface area contributed by atoms with E-state index >= 15 is 0 Å². The molecule has 4 nitrogen and oxygen atoms in total. The molecule has 0 amide bonds. The summed E-state index contributed by atoms with van der Waals surface area (Å²) < 4.78 is 4.60. The Labute approximate surface area is 103 Å². The van der Waals surface area contributed by atoms with Crippen molar-refractivity contribution in [3.63, 3.8) is 0 Å². The summed E-state index contributed by atoms with van der Waals surface area (Å²) in [5, 5.41) is 2.70. The molecule has 2 aromatic heterocycles. The highest BCUT2D eigenvalue weighted by molar-refractivity contribution is 7.13. The van der Waals surface area contributed by atoms with Crippen molar-refractivity contribution in [3.8, 4) is 10.7 Å². The second kappa shape index (κ2) is 5.05. The van der Waals surface area contributed by atoms with Crippen molar-refractivity contribution in [2.45, 2.75) is 13.3 Å². The van der Waals surface area contributed by atoms with Gasteiger partial charge in [0.15, 0.2) is 0 Å². The van der Waals surface area contributed by atoms with Gasteiger partial charge in [-0.05, 0) is 18.6 Å². The zero-order valence-corrected chi connectivity index (χ0v) is 10.5. The molecule has 0 aliphatic heterocycles. The highest BCUT2D eigenvalue weighted by Gasteiger charge is 2.10. The molecule has 0 radical (unpaired) electrons. The maximum Gasteiger partial charge on any atom is 0.311 e. The van der Waals surface area contributed by atoms with Crippen LogP contribution >= 0.6 is 11.3 Å². The first-order valence-electron chi connectivity index (χ1n) is 5.14. The average molecular weight is 248 g/mol. The fourth-order valence-corrected chi connectivity index (χ4v) is 2.31. The van der Waals surface area contributed by atoms with E-state index in [0.717, 1.165) is 22.0 Å². The van der Waals surface area contributed by atoms with Crippen LogP contribution in [0.4, 0.5) is 0 Å². The summed E-state index contributed by atoms with van der Waals surface area (Å²) in [4.78, 5) is 19.8. The molecule has 0 unspecified atom stereocenters. The summed E-state index contributed by atoms with van der Waals surface area (Å²) in [7, 11) is 1.37. The lowest BCUT2D eigenvalue weighted by Gasteiger charge is -1.99. The Morgan fingerprint density at radius 3 is 3.06 bits per heavy atom. The number of methoxy groups -OCH3 is 1. The number of hydrogen-bond donors (Lipinski definition) is 0. The molecule has 0 saturated carbocycles. The first-order chi connectivity index (χ1) is 8.20. The van der Waals surface area contributed by atoms with Gasteiger partial charge in [0.25, 0.3) is 0 Å². The number of aryl methyl sites for hydroxylation is 1. The van der Waals surface area contributed by atoms with Crippen molar-refractivity contribution in [2.75, 3.05) is 7.11 Å². The number of carbonyl (C=O) groups excluding carboxylic acids is 1. The van der Waals surface area contributed by atoms with Gasteiger partial charge in [-0.25, -0.2) is 4.98 Å². The number of aromatic nitrogens is 2. The summed E-state index contributed by atoms with van der Waals surface area (Å²) in [6.07, 6.45) is 1.95. The number of rotatable bonds is 3. The summed E-state index contributed by atoms with van der Waals surface area (Å²) in [6, 6.07) is 3.88. The number of esters is 1. The molecule has 2 aromatic rings. The molecule has 0 spiro atoms. The third-order valence-corrected chi connectivity index (χ3v) is 3.21. The second-order valence-corrected chi connectivity index (χ2v) is 4.42. The molecule has 0 aromatic carbocycles. The molecule has 88 valence electrons. The van der Waals surface area contributed by atoms with E-state index in [9.17, 15) is 4.79 Å². The number of pyridine rings is 1. The Morgan fingerprint density at radius 1 is 1.53 bits per heavy atom. The summed E-state index contributed by atoms with van der Waals surface area (Å²) >= 11 is 1.49. The molecule has 0 N–H and O–H groups in total. The number of ether oxygens (including phenoxy) is 1. The lowest BCUT2D eigenvalue weighted by atomic mass is 10.2. The predicted molar refractivity (Wildman–Crippen MR) is 65.8 cm³/mol. The van der Waals surface area contributed by atoms with E-state index in [1.165, 1.54) is 18.4 Å². The van der Waals surface area contributed by atoms with E-state index in [-0.39, 0.29) is 12.4 Å². The maximum atomic E-state index is 11.1. The van der Waals surface area contributed by atoms with Crippen molar-refractivity contribution in [1.29, 1.82) is 0 Å². The Morgan fingerprint density at radius 2 is 2.35 bits per heavy atom. The third kappa shape index (κ3) is 2.68. The van der Waals surface area contributed by atoms with Gasteiger partial charge in [-0.1, -0.05) is 6.07 Å². The molecule has 0 saturated heterocycles. The standard InChI is InChI=1S/C12H12N2O2S/c1-8-4-3-5-13-11(8)12-14-9(7-17-12)6-10(15)16-2/h3-5,7H,6H2,1-2H3. The van der Waals surface area contributed by atoms with E-state index in [1.54, 1.807) is 6.20 Å². The van der Waals surface area contributed by atoms with E-state index < -0.39 is 0 Å². The SMILES string of the molecule is COC(=O)Cc1csc(-c2ncccc2C)n1. The molecule has 17 heavy (non-hydrogen) atoms. The minimum atomic E-state index is -0.278. The minimum Gasteiger partial charge on any atom is -0.469 e.